The van der Waals surface area contributed by atoms with E-state index in [1.165, 1.54) is 10.9 Å². The SMILES string of the molecule is Cn1cc(C(=O)Nc2ccccc2-c2ccc(C#CC(C)(C)C)cc2)c(F)n1. The zero-order valence-electron chi connectivity index (χ0n) is 16.4. The second-order valence-corrected chi connectivity index (χ2v) is 7.58. The number of benzene rings is 2. The summed E-state index contributed by atoms with van der Waals surface area (Å²) in [5.41, 5.74) is 3.16. The molecule has 1 aromatic heterocycles. The van der Waals surface area contributed by atoms with Crippen LogP contribution in [0.3, 0.4) is 0 Å². The van der Waals surface area contributed by atoms with Crippen molar-refractivity contribution < 1.29 is 9.18 Å². The molecule has 1 heterocycles. The van der Waals surface area contributed by atoms with Crippen LogP contribution in [0.4, 0.5) is 10.1 Å². The van der Waals surface area contributed by atoms with Crippen LogP contribution >= 0.6 is 0 Å². The van der Waals surface area contributed by atoms with Crippen LogP contribution in [0.2, 0.25) is 0 Å². The van der Waals surface area contributed by atoms with Crippen molar-refractivity contribution in [3.63, 3.8) is 0 Å². The van der Waals surface area contributed by atoms with Gasteiger partial charge in [-0.05, 0) is 44.5 Å². The first kappa shape index (κ1) is 19.4. The number of aryl methyl sites for hydroxylation is 1. The first-order valence-corrected chi connectivity index (χ1v) is 8.96. The van der Waals surface area contributed by atoms with E-state index in [0.717, 1.165) is 16.7 Å². The Labute approximate surface area is 164 Å². The lowest BCUT2D eigenvalue weighted by Gasteiger charge is -2.11. The van der Waals surface area contributed by atoms with Gasteiger partial charge in [-0.1, -0.05) is 42.2 Å². The van der Waals surface area contributed by atoms with Crippen molar-refractivity contribution in [2.75, 3.05) is 5.32 Å². The normalized spacial score (nSPS) is 10.9. The maximum Gasteiger partial charge on any atom is 0.261 e. The van der Waals surface area contributed by atoms with Crippen LogP contribution in [0, 0.1) is 23.2 Å². The molecular formula is C23H22FN3O. The molecule has 1 N–H and O–H groups in total. The molecule has 28 heavy (non-hydrogen) atoms. The van der Waals surface area contributed by atoms with Gasteiger partial charge in [-0.25, -0.2) is 0 Å². The summed E-state index contributed by atoms with van der Waals surface area (Å²) in [7, 11) is 1.57. The zero-order valence-corrected chi connectivity index (χ0v) is 16.4. The number of para-hydroxylation sites is 1. The fraction of sp³-hybridized carbons (Fsp3) is 0.217. The lowest BCUT2D eigenvalue weighted by Crippen LogP contribution is -2.13. The van der Waals surface area contributed by atoms with E-state index in [9.17, 15) is 9.18 Å². The molecular weight excluding hydrogens is 353 g/mol. The Morgan fingerprint density at radius 2 is 1.79 bits per heavy atom. The molecule has 1 amide bonds. The molecule has 3 rings (SSSR count). The lowest BCUT2D eigenvalue weighted by atomic mass is 9.97. The summed E-state index contributed by atoms with van der Waals surface area (Å²) in [5.74, 6) is 5.05. The number of nitrogens with one attached hydrogen (secondary N) is 1. The van der Waals surface area contributed by atoms with Crippen molar-refractivity contribution in [1.29, 1.82) is 0 Å². The number of carbonyl (C=O) groups excluding carboxylic acids is 1. The number of carbonyl (C=O) groups is 1. The number of hydrogen-bond acceptors (Lipinski definition) is 2. The molecule has 0 unspecified atom stereocenters. The second kappa shape index (κ2) is 7.69. The van der Waals surface area contributed by atoms with Crippen LogP contribution < -0.4 is 5.32 Å². The highest BCUT2D eigenvalue weighted by Gasteiger charge is 2.17. The number of nitrogens with zero attached hydrogens (tertiary/aromatic N) is 2. The molecule has 0 aliphatic heterocycles. The van der Waals surface area contributed by atoms with Crippen molar-refractivity contribution >= 4 is 11.6 Å². The molecule has 142 valence electrons. The minimum Gasteiger partial charge on any atom is -0.321 e. The molecule has 0 aliphatic rings. The summed E-state index contributed by atoms with van der Waals surface area (Å²) in [4.78, 5) is 12.4. The van der Waals surface area contributed by atoms with Crippen LogP contribution in [0.15, 0.2) is 54.7 Å². The van der Waals surface area contributed by atoms with Gasteiger partial charge in [-0.3, -0.25) is 9.48 Å². The van der Waals surface area contributed by atoms with Crippen molar-refractivity contribution in [3.05, 3.63) is 71.8 Å². The first-order chi connectivity index (χ1) is 13.2. The van der Waals surface area contributed by atoms with Crippen molar-refractivity contribution in [1.82, 2.24) is 9.78 Å². The lowest BCUT2D eigenvalue weighted by molar-refractivity contribution is 0.102. The average Bonchev–Trinajstić information content (AvgIpc) is 2.99. The molecule has 0 atom stereocenters. The van der Waals surface area contributed by atoms with Crippen molar-refractivity contribution in [3.8, 4) is 23.0 Å². The van der Waals surface area contributed by atoms with Gasteiger partial charge < -0.3 is 5.32 Å². The number of amides is 1. The van der Waals surface area contributed by atoms with E-state index < -0.39 is 11.9 Å². The zero-order chi connectivity index (χ0) is 20.3. The minimum absolute atomic E-state index is 0.0584. The maximum atomic E-state index is 13.8. The topological polar surface area (TPSA) is 46.9 Å². The van der Waals surface area contributed by atoms with Crippen molar-refractivity contribution in [2.24, 2.45) is 12.5 Å². The molecule has 3 aromatic rings. The summed E-state index contributed by atoms with van der Waals surface area (Å²) in [5, 5.41) is 6.35. The van der Waals surface area contributed by atoms with Gasteiger partial charge in [0.15, 0.2) is 0 Å². The van der Waals surface area contributed by atoms with E-state index in [0.29, 0.717) is 5.69 Å². The van der Waals surface area contributed by atoms with Gasteiger partial charge in [0.1, 0.15) is 5.56 Å². The minimum atomic E-state index is -0.792. The summed E-state index contributed by atoms with van der Waals surface area (Å²) in [6.07, 6.45) is 1.36. The Morgan fingerprint density at radius 1 is 1.11 bits per heavy atom. The summed E-state index contributed by atoms with van der Waals surface area (Å²) in [6.45, 7) is 6.20. The van der Waals surface area contributed by atoms with Gasteiger partial charge in [0.05, 0.1) is 0 Å². The van der Waals surface area contributed by atoms with E-state index >= 15 is 0 Å². The smallest absolute Gasteiger partial charge is 0.261 e. The number of anilines is 1. The van der Waals surface area contributed by atoms with E-state index in [1.54, 1.807) is 13.1 Å². The number of halogens is 1. The highest BCUT2D eigenvalue weighted by Crippen LogP contribution is 2.28. The standard InChI is InChI=1S/C23H22FN3O/c1-23(2,3)14-13-16-9-11-17(12-10-16)18-7-5-6-8-20(18)25-22(28)19-15-27(4)26-21(19)24/h5-12,15H,1-4H3,(H,25,28). The number of aromatic nitrogens is 2. The molecule has 0 radical (unpaired) electrons. The van der Waals surface area contributed by atoms with Gasteiger partial charge in [0.25, 0.3) is 5.91 Å². The fourth-order valence-electron chi connectivity index (χ4n) is 2.64. The Kier molecular flexibility index (Phi) is 5.32. The largest absolute Gasteiger partial charge is 0.321 e. The van der Waals surface area contributed by atoms with E-state index in [-0.39, 0.29) is 11.0 Å². The third kappa shape index (κ3) is 4.66. The van der Waals surface area contributed by atoms with Crippen molar-refractivity contribution in [2.45, 2.75) is 20.8 Å². The quantitative estimate of drug-likeness (QED) is 0.664. The summed E-state index contributed by atoms with van der Waals surface area (Å²) < 4.78 is 15.1. The van der Waals surface area contributed by atoms with Gasteiger partial charge in [0, 0.05) is 35.5 Å². The predicted octanol–water partition coefficient (Wildman–Crippen LogP) is 4.88. The Morgan fingerprint density at radius 3 is 2.39 bits per heavy atom. The Hall–Kier alpha value is -3.39. The molecule has 0 bridgehead atoms. The molecule has 0 saturated carbocycles. The molecule has 2 aromatic carbocycles. The Bertz CT molecular complexity index is 1060. The van der Waals surface area contributed by atoms with Crippen LogP contribution in [0.5, 0.6) is 0 Å². The van der Waals surface area contributed by atoms with E-state index in [1.807, 2.05) is 42.5 Å². The third-order valence-electron chi connectivity index (χ3n) is 3.98. The van der Waals surface area contributed by atoms with E-state index in [4.69, 9.17) is 0 Å². The van der Waals surface area contributed by atoms with Gasteiger partial charge in [-0.2, -0.15) is 4.39 Å². The van der Waals surface area contributed by atoms with Crippen LogP contribution in [0.25, 0.3) is 11.1 Å². The molecule has 0 saturated heterocycles. The number of rotatable bonds is 3. The summed E-state index contributed by atoms with van der Waals surface area (Å²) in [6, 6.07) is 15.2. The van der Waals surface area contributed by atoms with Gasteiger partial charge in [0.2, 0.25) is 5.95 Å². The monoisotopic (exact) mass is 375 g/mol. The molecule has 0 fully saturated rings. The van der Waals surface area contributed by atoms with E-state index in [2.05, 4.69) is 43.0 Å². The molecule has 5 heteroatoms. The summed E-state index contributed by atoms with van der Waals surface area (Å²) >= 11 is 0. The molecule has 0 aliphatic carbocycles. The number of hydrogen-bond donors (Lipinski definition) is 1. The molecule has 0 spiro atoms. The van der Waals surface area contributed by atoms with Gasteiger partial charge in [-0.15, -0.1) is 5.10 Å². The predicted molar refractivity (Wildman–Crippen MR) is 109 cm³/mol. The third-order valence-corrected chi connectivity index (χ3v) is 3.98. The van der Waals surface area contributed by atoms with Crippen LogP contribution in [0.1, 0.15) is 36.7 Å². The Balaban J connectivity index is 1.87. The highest BCUT2D eigenvalue weighted by atomic mass is 19.1. The average molecular weight is 375 g/mol. The van der Waals surface area contributed by atoms with Crippen LogP contribution in [-0.4, -0.2) is 15.7 Å². The second-order valence-electron chi connectivity index (χ2n) is 7.58. The maximum absolute atomic E-state index is 13.8. The fourth-order valence-corrected chi connectivity index (χ4v) is 2.64. The first-order valence-electron chi connectivity index (χ1n) is 8.96. The van der Waals surface area contributed by atoms with Crippen LogP contribution in [-0.2, 0) is 7.05 Å². The van der Waals surface area contributed by atoms with Gasteiger partial charge >= 0.3 is 0 Å². The highest BCUT2D eigenvalue weighted by molar-refractivity contribution is 6.06. The molecule has 4 nitrogen and oxygen atoms in total.